The molecule has 0 aromatic rings. The van der Waals surface area contributed by atoms with E-state index in [4.69, 9.17) is 0 Å². The third kappa shape index (κ3) is 29.7. The van der Waals surface area contributed by atoms with Crippen molar-refractivity contribution >= 4 is 17.4 Å². The van der Waals surface area contributed by atoms with Crippen LogP contribution in [0.3, 0.4) is 0 Å². The van der Waals surface area contributed by atoms with Crippen LogP contribution >= 0.6 is 0 Å². The van der Waals surface area contributed by atoms with E-state index in [2.05, 4.69) is 0 Å². The Bertz CT molecular complexity index is 6.85. The summed E-state index contributed by atoms with van der Waals surface area (Å²) in [5.74, 6) is 0. The molecule has 6 N–H and O–H groups in total. The zero-order chi connectivity index (χ0) is 0. The fraction of sp³-hybridized carbons (Fsp3) is 0. The molecule has 0 aliphatic heterocycles. The molecule has 0 heterocycles. The van der Waals surface area contributed by atoms with E-state index in [9.17, 15) is 0 Å². The van der Waals surface area contributed by atoms with Gasteiger partial charge in [-0.25, -0.2) is 0 Å². The second kappa shape index (κ2) is 48.9. The van der Waals surface area contributed by atoms with Gasteiger partial charge in [-0.1, -0.05) is 0 Å². The Morgan fingerprint density at radius 2 is 0.600 bits per heavy atom. The Hall–Kier alpha value is 1.52. The van der Waals surface area contributed by atoms with Crippen molar-refractivity contribution in [3.05, 3.63) is 0 Å². The van der Waals surface area contributed by atoms with Crippen molar-refractivity contribution in [2.75, 3.05) is 0 Å². The molecular weight excluding hydrogens is 164 g/mol. The van der Waals surface area contributed by atoms with Crippen LogP contribution in [0.2, 0.25) is 0 Å². The summed E-state index contributed by atoms with van der Waals surface area (Å²) >= 11 is 0. The van der Waals surface area contributed by atoms with Crippen LogP contribution in [0, 0.1) is 0 Å². The van der Waals surface area contributed by atoms with Gasteiger partial charge >= 0.3 is 0 Å². The quantitative estimate of drug-likeness (QED) is 0.349. The molecule has 0 aliphatic rings. The van der Waals surface area contributed by atoms with Crippen molar-refractivity contribution in [2.24, 2.45) is 0 Å². The maximum Gasteiger partial charge on any atom is 0 e. The summed E-state index contributed by atoms with van der Waals surface area (Å²) in [5.41, 5.74) is 0. The van der Waals surface area contributed by atoms with Gasteiger partial charge in [-0.15, -0.1) is 0 Å². The van der Waals surface area contributed by atoms with Crippen LogP contribution in [0.4, 0.5) is 0 Å². The maximum absolute atomic E-state index is 0. The minimum Gasteiger partial charge on any atom is -0.412 e. The van der Waals surface area contributed by atoms with E-state index in [1.54, 1.807) is 0 Å². The second-order valence-corrected chi connectivity index (χ2v) is 0. The van der Waals surface area contributed by atoms with Gasteiger partial charge in [0.25, 0.3) is 0 Å². The minimum absolute atomic E-state index is 0. The van der Waals surface area contributed by atoms with Gasteiger partial charge in [-0.2, -0.15) is 0 Å². The number of hydrogen-bond donors (Lipinski definition) is 0. The van der Waals surface area contributed by atoms with Gasteiger partial charge in [-0.05, 0) is 0 Å². The summed E-state index contributed by atoms with van der Waals surface area (Å²) in [6.07, 6.45) is 0. The van der Waals surface area contributed by atoms with E-state index >= 15 is 0 Å². The van der Waals surface area contributed by atoms with E-state index in [0.717, 1.165) is 0 Å². The summed E-state index contributed by atoms with van der Waals surface area (Å²) in [5, 5.41) is 0. The Labute approximate surface area is 66.1 Å². The standard InChI is InChI=1S/Al.3H2O.Y/h;3*1H2;. The van der Waals surface area contributed by atoms with Crippen LogP contribution in [-0.4, -0.2) is 33.8 Å². The van der Waals surface area contributed by atoms with Crippen molar-refractivity contribution < 1.29 is 49.1 Å². The Balaban J connectivity index is 0. The predicted molar refractivity (Wildman–Crippen MR) is 16.6 cm³/mol. The summed E-state index contributed by atoms with van der Waals surface area (Å²) in [4.78, 5) is 0. The molecule has 0 fully saturated rings. The molecule has 0 aromatic carbocycles. The summed E-state index contributed by atoms with van der Waals surface area (Å²) in [7, 11) is 0. The predicted octanol–water partition coefficient (Wildman–Crippen LogP) is -2.86. The Morgan fingerprint density at radius 3 is 0.600 bits per heavy atom. The minimum atomic E-state index is 0. The van der Waals surface area contributed by atoms with Gasteiger partial charge in [0, 0.05) is 50.1 Å². The number of rotatable bonds is 0. The monoisotopic (exact) mass is 170 g/mol. The zero-order valence-corrected chi connectivity index (χ0v) is 6.65. The van der Waals surface area contributed by atoms with Gasteiger partial charge in [0.1, 0.15) is 0 Å². The first-order valence-electron chi connectivity index (χ1n) is 0. The Morgan fingerprint density at radius 1 is 0.600 bits per heavy atom. The summed E-state index contributed by atoms with van der Waals surface area (Å²) in [6, 6.07) is 0. The third-order valence-electron chi connectivity index (χ3n) is 0. The molecule has 0 atom stereocenters. The van der Waals surface area contributed by atoms with E-state index < -0.39 is 0 Å². The molecule has 0 bridgehead atoms. The first-order chi connectivity index (χ1) is 0. The van der Waals surface area contributed by atoms with Crippen LogP contribution < -0.4 is 0 Å². The molecule has 4 radical (unpaired) electrons. The van der Waals surface area contributed by atoms with Gasteiger partial charge in [0.2, 0.25) is 0 Å². The van der Waals surface area contributed by atoms with Crippen LogP contribution in [0.5, 0.6) is 0 Å². The average Bonchev–Trinajstić information content (AvgIpc) is 0. The van der Waals surface area contributed by atoms with Crippen molar-refractivity contribution in [1.29, 1.82) is 0 Å². The van der Waals surface area contributed by atoms with Crippen LogP contribution in [0.25, 0.3) is 0 Å². The van der Waals surface area contributed by atoms with Crippen LogP contribution in [-0.2, 0) is 32.7 Å². The molecule has 0 spiro atoms. The molecule has 0 unspecified atom stereocenters. The summed E-state index contributed by atoms with van der Waals surface area (Å²) < 4.78 is 0. The van der Waals surface area contributed by atoms with Crippen LogP contribution in [0.1, 0.15) is 0 Å². The average molecular weight is 170 g/mol. The molecule has 0 aromatic heterocycles. The van der Waals surface area contributed by atoms with Gasteiger partial charge in [0.15, 0.2) is 0 Å². The van der Waals surface area contributed by atoms with Crippen molar-refractivity contribution in [1.82, 2.24) is 0 Å². The Kier molecular flexibility index (Phi) is 844. The molecular formula is H6AlO3Y. The van der Waals surface area contributed by atoms with E-state index in [-0.39, 0.29) is 66.5 Å². The van der Waals surface area contributed by atoms with Gasteiger partial charge in [-0.3, -0.25) is 0 Å². The van der Waals surface area contributed by atoms with Crippen molar-refractivity contribution in [3.63, 3.8) is 0 Å². The first-order valence-corrected chi connectivity index (χ1v) is 0. The van der Waals surface area contributed by atoms with Crippen LogP contribution in [0.15, 0.2) is 0 Å². The number of hydrogen-bond acceptors (Lipinski definition) is 0. The SMILES string of the molecule is O.O.O.[Al].[Y]. The molecule has 3 nitrogen and oxygen atoms in total. The molecule has 0 saturated heterocycles. The zero-order valence-electron chi connectivity index (χ0n) is 2.65. The molecule has 0 saturated carbocycles. The molecule has 0 amide bonds. The summed E-state index contributed by atoms with van der Waals surface area (Å²) in [6.45, 7) is 0. The fourth-order valence-corrected chi connectivity index (χ4v) is 0. The van der Waals surface area contributed by atoms with Gasteiger partial charge in [0.05, 0.1) is 0 Å². The van der Waals surface area contributed by atoms with Gasteiger partial charge < -0.3 is 16.4 Å². The molecule has 5 heteroatoms. The smallest absolute Gasteiger partial charge is 0 e. The van der Waals surface area contributed by atoms with Crippen molar-refractivity contribution in [3.8, 4) is 0 Å². The second-order valence-electron chi connectivity index (χ2n) is 0. The largest absolute Gasteiger partial charge is 0.412 e. The maximum atomic E-state index is 0. The topological polar surface area (TPSA) is 94.5 Å². The normalized spacial score (nSPS) is 0. The van der Waals surface area contributed by atoms with Crippen molar-refractivity contribution in [2.45, 2.75) is 0 Å². The first kappa shape index (κ1) is 86.2. The molecule has 30 valence electrons. The van der Waals surface area contributed by atoms with E-state index in [1.807, 2.05) is 0 Å². The van der Waals surface area contributed by atoms with E-state index in [1.165, 1.54) is 0 Å². The third-order valence-corrected chi connectivity index (χ3v) is 0. The molecule has 5 heavy (non-hydrogen) atoms. The van der Waals surface area contributed by atoms with E-state index in [0.29, 0.717) is 0 Å². The molecule has 0 aliphatic carbocycles. The fourth-order valence-electron chi connectivity index (χ4n) is 0. The molecule has 0 rings (SSSR count).